The lowest BCUT2D eigenvalue weighted by Gasteiger charge is -2.12. The van der Waals surface area contributed by atoms with Crippen LogP contribution in [0.2, 0.25) is 0 Å². The van der Waals surface area contributed by atoms with Gasteiger partial charge in [0.2, 0.25) is 0 Å². The molecule has 1 aliphatic carbocycles. The molecular weight excluding hydrogens is 164 g/mol. The SMILES string of the molecule is CCC(=O)C1(Cn2cccn2)CC1. The predicted octanol–water partition coefficient (Wildman–Crippen LogP) is 1.64. The van der Waals surface area contributed by atoms with E-state index in [1.165, 1.54) is 0 Å². The van der Waals surface area contributed by atoms with Gasteiger partial charge in [0.15, 0.2) is 0 Å². The molecule has 3 nitrogen and oxygen atoms in total. The summed E-state index contributed by atoms with van der Waals surface area (Å²) >= 11 is 0. The van der Waals surface area contributed by atoms with Gasteiger partial charge in [0.05, 0.1) is 6.54 Å². The minimum absolute atomic E-state index is 0.0548. The molecule has 1 aliphatic rings. The average Bonchev–Trinajstić information content (AvgIpc) is 2.73. The Hall–Kier alpha value is -1.12. The van der Waals surface area contributed by atoms with Crippen molar-refractivity contribution in [3.05, 3.63) is 18.5 Å². The molecule has 13 heavy (non-hydrogen) atoms. The second kappa shape index (κ2) is 2.98. The van der Waals surface area contributed by atoms with Gasteiger partial charge in [-0.05, 0) is 18.9 Å². The van der Waals surface area contributed by atoms with E-state index in [0.717, 1.165) is 19.4 Å². The highest BCUT2D eigenvalue weighted by molar-refractivity contribution is 5.86. The number of carbonyl (C=O) groups is 1. The molecule has 0 aliphatic heterocycles. The third kappa shape index (κ3) is 1.50. The van der Waals surface area contributed by atoms with E-state index in [2.05, 4.69) is 5.10 Å². The monoisotopic (exact) mass is 178 g/mol. The molecule has 1 heterocycles. The number of ketones is 1. The largest absolute Gasteiger partial charge is 0.299 e. The molecule has 2 rings (SSSR count). The molecule has 1 aromatic heterocycles. The fourth-order valence-corrected chi connectivity index (χ4v) is 1.76. The lowest BCUT2D eigenvalue weighted by atomic mass is 9.99. The molecule has 0 bridgehead atoms. The molecule has 0 N–H and O–H groups in total. The molecule has 1 fully saturated rings. The van der Waals surface area contributed by atoms with Gasteiger partial charge in [-0.15, -0.1) is 0 Å². The van der Waals surface area contributed by atoms with E-state index in [1.807, 2.05) is 23.9 Å². The van der Waals surface area contributed by atoms with E-state index in [9.17, 15) is 4.79 Å². The Bertz CT molecular complexity index is 299. The Labute approximate surface area is 77.7 Å². The molecule has 1 saturated carbocycles. The van der Waals surface area contributed by atoms with Crippen LogP contribution in [0.15, 0.2) is 18.5 Å². The van der Waals surface area contributed by atoms with Crippen molar-refractivity contribution in [3.63, 3.8) is 0 Å². The number of Topliss-reactive ketones (excluding diaryl/α,β-unsaturated/α-hetero) is 1. The van der Waals surface area contributed by atoms with Gasteiger partial charge < -0.3 is 0 Å². The minimum atomic E-state index is -0.0548. The second-order valence-electron chi connectivity index (χ2n) is 3.76. The number of carbonyl (C=O) groups excluding carboxylic acids is 1. The standard InChI is InChI=1S/C10H14N2O/c1-2-9(13)10(4-5-10)8-12-7-3-6-11-12/h3,6-7H,2,4-5,8H2,1H3. The van der Waals surface area contributed by atoms with Crippen molar-refractivity contribution in [1.29, 1.82) is 0 Å². The first kappa shape index (κ1) is 8.48. The summed E-state index contributed by atoms with van der Waals surface area (Å²) in [5.41, 5.74) is -0.0548. The highest BCUT2D eigenvalue weighted by Crippen LogP contribution is 2.48. The summed E-state index contributed by atoms with van der Waals surface area (Å²) in [5, 5.41) is 4.12. The maximum absolute atomic E-state index is 11.6. The van der Waals surface area contributed by atoms with Crippen molar-refractivity contribution in [2.24, 2.45) is 5.41 Å². The first-order valence-electron chi connectivity index (χ1n) is 4.77. The molecule has 70 valence electrons. The summed E-state index contributed by atoms with van der Waals surface area (Å²) < 4.78 is 1.86. The van der Waals surface area contributed by atoms with E-state index in [0.29, 0.717) is 12.2 Å². The normalized spacial score (nSPS) is 18.5. The molecule has 0 aromatic carbocycles. The average molecular weight is 178 g/mol. The zero-order valence-corrected chi connectivity index (χ0v) is 7.86. The summed E-state index contributed by atoms with van der Waals surface area (Å²) in [7, 11) is 0. The Balaban J connectivity index is 2.06. The lowest BCUT2D eigenvalue weighted by Crippen LogP contribution is -2.21. The number of aromatic nitrogens is 2. The molecule has 0 atom stereocenters. The third-order valence-electron chi connectivity index (χ3n) is 2.79. The minimum Gasteiger partial charge on any atom is -0.299 e. The topological polar surface area (TPSA) is 34.9 Å². The van der Waals surface area contributed by atoms with Crippen molar-refractivity contribution in [1.82, 2.24) is 9.78 Å². The molecular formula is C10H14N2O. The zero-order chi connectivity index (χ0) is 9.31. The van der Waals surface area contributed by atoms with Gasteiger partial charge in [-0.1, -0.05) is 6.92 Å². The fraction of sp³-hybridized carbons (Fsp3) is 0.600. The van der Waals surface area contributed by atoms with E-state index < -0.39 is 0 Å². The van der Waals surface area contributed by atoms with Crippen LogP contribution >= 0.6 is 0 Å². The van der Waals surface area contributed by atoms with Crippen molar-refractivity contribution in [2.45, 2.75) is 32.7 Å². The summed E-state index contributed by atoms with van der Waals surface area (Å²) in [4.78, 5) is 11.6. The van der Waals surface area contributed by atoms with Crippen LogP contribution in [-0.4, -0.2) is 15.6 Å². The van der Waals surface area contributed by atoms with Gasteiger partial charge in [-0.2, -0.15) is 5.10 Å². The van der Waals surface area contributed by atoms with Crippen LogP contribution in [0.25, 0.3) is 0 Å². The van der Waals surface area contributed by atoms with Crippen LogP contribution < -0.4 is 0 Å². The van der Waals surface area contributed by atoms with Crippen molar-refractivity contribution in [3.8, 4) is 0 Å². The van der Waals surface area contributed by atoms with Gasteiger partial charge >= 0.3 is 0 Å². The lowest BCUT2D eigenvalue weighted by molar-refractivity contribution is -0.124. The van der Waals surface area contributed by atoms with Gasteiger partial charge in [-0.3, -0.25) is 9.48 Å². The summed E-state index contributed by atoms with van der Waals surface area (Å²) in [6, 6.07) is 1.90. The van der Waals surface area contributed by atoms with Crippen LogP contribution in [0.5, 0.6) is 0 Å². The molecule has 1 aromatic rings. The maximum atomic E-state index is 11.6. The molecule has 0 unspecified atom stereocenters. The summed E-state index contributed by atoms with van der Waals surface area (Å²) in [6.45, 7) is 2.71. The smallest absolute Gasteiger partial charge is 0.140 e. The van der Waals surface area contributed by atoms with E-state index in [1.54, 1.807) is 6.20 Å². The number of hydrogen-bond donors (Lipinski definition) is 0. The van der Waals surface area contributed by atoms with Crippen LogP contribution in [-0.2, 0) is 11.3 Å². The van der Waals surface area contributed by atoms with Crippen LogP contribution in [0.3, 0.4) is 0 Å². The first-order valence-corrected chi connectivity index (χ1v) is 4.77. The van der Waals surface area contributed by atoms with Crippen LogP contribution in [0.4, 0.5) is 0 Å². The first-order chi connectivity index (χ1) is 6.27. The van der Waals surface area contributed by atoms with Gasteiger partial charge in [-0.25, -0.2) is 0 Å². The maximum Gasteiger partial charge on any atom is 0.140 e. The Morgan fingerprint density at radius 1 is 1.62 bits per heavy atom. The number of nitrogens with zero attached hydrogens (tertiary/aromatic N) is 2. The molecule has 0 amide bonds. The summed E-state index contributed by atoms with van der Waals surface area (Å²) in [5.74, 6) is 0.392. The van der Waals surface area contributed by atoms with E-state index in [4.69, 9.17) is 0 Å². The fourth-order valence-electron chi connectivity index (χ4n) is 1.76. The van der Waals surface area contributed by atoms with Crippen molar-refractivity contribution < 1.29 is 4.79 Å². The predicted molar refractivity (Wildman–Crippen MR) is 49.2 cm³/mol. The number of hydrogen-bond acceptors (Lipinski definition) is 2. The van der Waals surface area contributed by atoms with Gasteiger partial charge in [0.25, 0.3) is 0 Å². The van der Waals surface area contributed by atoms with E-state index >= 15 is 0 Å². The highest BCUT2D eigenvalue weighted by Gasteiger charge is 2.48. The Morgan fingerprint density at radius 2 is 2.38 bits per heavy atom. The second-order valence-corrected chi connectivity index (χ2v) is 3.76. The summed E-state index contributed by atoms with van der Waals surface area (Å²) in [6.07, 6.45) is 6.41. The Morgan fingerprint density at radius 3 is 2.85 bits per heavy atom. The van der Waals surface area contributed by atoms with Gasteiger partial charge in [0.1, 0.15) is 5.78 Å². The van der Waals surface area contributed by atoms with Crippen LogP contribution in [0.1, 0.15) is 26.2 Å². The number of rotatable bonds is 4. The Kier molecular flexibility index (Phi) is 1.94. The molecule has 3 heteroatoms. The van der Waals surface area contributed by atoms with E-state index in [-0.39, 0.29) is 5.41 Å². The van der Waals surface area contributed by atoms with Crippen LogP contribution in [0, 0.1) is 5.41 Å². The molecule has 0 radical (unpaired) electrons. The van der Waals surface area contributed by atoms with Gasteiger partial charge in [0, 0.05) is 24.2 Å². The highest BCUT2D eigenvalue weighted by atomic mass is 16.1. The quantitative estimate of drug-likeness (QED) is 0.702. The van der Waals surface area contributed by atoms with Crippen molar-refractivity contribution in [2.75, 3.05) is 0 Å². The molecule has 0 spiro atoms. The molecule has 0 saturated heterocycles. The third-order valence-corrected chi connectivity index (χ3v) is 2.79. The van der Waals surface area contributed by atoms with Crippen molar-refractivity contribution >= 4 is 5.78 Å². The zero-order valence-electron chi connectivity index (χ0n) is 7.86.